The topological polar surface area (TPSA) is 106 Å². The first-order valence-corrected chi connectivity index (χ1v) is 11.5. The summed E-state index contributed by atoms with van der Waals surface area (Å²) in [4.78, 5) is 20.9. The van der Waals surface area contributed by atoms with Crippen molar-refractivity contribution in [3.05, 3.63) is 0 Å². The Hall–Kier alpha value is -0.660. The first-order chi connectivity index (χ1) is 12.6. The molecule has 1 aliphatic heterocycles. The van der Waals surface area contributed by atoms with E-state index in [9.17, 15) is 13.2 Å². The van der Waals surface area contributed by atoms with Crippen LogP contribution in [0.5, 0.6) is 0 Å². The summed E-state index contributed by atoms with van der Waals surface area (Å²) in [6.07, 6.45) is 3.36. The normalized spacial score (nSPS) is 19.1. The van der Waals surface area contributed by atoms with Crippen molar-refractivity contribution in [2.75, 3.05) is 52.1 Å². The lowest BCUT2D eigenvalue weighted by atomic mass is 10.1. The van der Waals surface area contributed by atoms with Crippen molar-refractivity contribution < 1.29 is 13.2 Å². The molecule has 0 atom stereocenters. The van der Waals surface area contributed by atoms with E-state index in [0.29, 0.717) is 19.1 Å². The van der Waals surface area contributed by atoms with E-state index in [0.717, 1.165) is 57.8 Å². The highest BCUT2D eigenvalue weighted by Gasteiger charge is 2.26. The molecule has 2 aliphatic rings. The number of amides is 1. The average Bonchev–Trinajstić information content (AvgIpc) is 3.34. The molecule has 1 aliphatic carbocycles. The molecule has 0 aromatic heterocycles. The van der Waals surface area contributed by atoms with E-state index in [1.807, 2.05) is 20.8 Å². The number of nitrogens with one attached hydrogen (secondary N) is 3. The van der Waals surface area contributed by atoms with Crippen LogP contribution in [-0.4, -0.2) is 93.7 Å². The fourth-order valence-electron chi connectivity index (χ4n) is 3.05. The molecule has 2 rings (SSSR count). The summed E-state index contributed by atoms with van der Waals surface area (Å²) in [6.45, 7) is 10.3. The van der Waals surface area contributed by atoms with Crippen LogP contribution >= 0.6 is 24.0 Å². The Morgan fingerprint density at radius 2 is 1.79 bits per heavy atom. The fraction of sp³-hybridized carbons (Fsp3) is 0.882. The number of rotatable bonds is 8. The van der Waals surface area contributed by atoms with Gasteiger partial charge in [-0.05, 0) is 33.6 Å². The summed E-state index contributed by atoms with van der Waals surface area (Å²) in [5.74, 6) is 0.892. The van der Waals surface area contributed by atoms with Crippen LogP contribution < -0.4 is 15.4 Å². The molecule has 164 valence electrons. The van der Waals surface area contributed by atoms with Crippen molar-refractivity contribution >= 4 is 45.9 Å². The van der Waals surface area contributed by atoms with E-state index in [2.05, 4.69) is 30.1 Å². The number of carbonyl (C=O) groups excluding carboxylic acids is 1. The van der Waals surface area contributed by atoms with E-state index in [4.69, 9.17) is 0 Å². The smallest absolute Gasteiger partial charge is 0.234 e. The van der Waals surface area contributed by atoms with Crippen molar-refractivity contribution in [2.24, 2.45) is 4.99 Å². The second-order valence-corrected chi connectivity index (χ2v) is 9.78. The minimum atomic E-state index is -3.29. The maximum absolute atomic E-state index is 11.9. The number of hydrogen-bond acceptors (Lipinski definition) is 5. The molecule has 3 N–H and O–H groups in total. The minimum absolute atomic E-state index is 0. The predicted octanol–water partition coefficient (Wildman–Crippen LogP) is -0.206. The SMILES string of the molecule is CCNC(=NCC(C)(C)NS(C)(=O)=O)N1CCN(CC(=O)NC2CC2)CC1.I. The Bertz CT molecular complexity index is 643. The molecule has 0 aromatic rings. The summed E-state index contributed by atoms with van der Waals surface area (Å²) in [7, 11) is -3.29. The second kappa shape index (κ2) is 10.9. The zero-order chi connectivity index (χ0) is 20.1. The predicted molar refractivity (Wildman–Crippen MR) is 123 cm³/mol. The van der Waals surface area contributed by atoms with Crippen LogP contribution in [0.2, 0.25) is 0 Å². The van der Waals surface area contributed by atoms with Gasteiger partial charge in [0.2, 0.25) is 15.9 Å². The van der Waals surface area contributed by atoms with Gasteiger partial charge in [-0.25, -0.2) is 13.1 Å². The number of piperazine rings is 1. The van der Waals surface area contributed by atoms with Crippen molar-refractivity contribution in [2.45, 2.75) is 45.2 Å². The number of sulfonamides is 1. The molecule has 1 amide bonds. The summed E-state index contributed by atoms with van der Waals surface area (Å²) < 4.78 is 25.6. The van der Waals surface area contributed by atoms with Crippen LogP contribution in [0.15, 0.2) is 4.99 Å². The summed E-state index contributed by atoms with van der Waals surface area (Å²) in [5.41, 5.74) is -0.656. The van der Waals surface area contributed by atoms with Gasteiger partial charge in [-0.3, -0.25) is 14.7 Å². The summed E-state index contributed by atoms with van der Waals surface area (Å²) in [6, 6.07) is 0.398. The highest BCUT2D eigenvalue weighted by molar-refractivity contribution is 14.0. The van der Waals surface area contributed by atoms with E-state index >= 15 is 0 Å². The highest BCUT2D eigenvalue weighted by atomic mass is 127. The van der Waals surface area contributed by atoms with Crippen LogP contribution in [0, 0.1) is 0 Å². The number of hydrogen-bond donors (Lipinski definition) is 3. The quantitative estimate of drug-likeness (QED) is 0.228. The second-order valence-electron chi connectivity index (χ2n) is 8.03. The van der Waals surface area contributed by atoms with E-state index in [1.165, 1.54) is 0 Å². The lowest BCUT2D eigenvalue weighted by Crippen LogP contribution is -2.54. The maximum atomic E-state index is 11.9. The Balaban J connectivity index is 0.00000392. The zero-order valence-electron chi connectivity index (χ0n) is 17.3. The molecule has 0 unspecified atom stereocenters. The molecule has 2 fully saturated rings. The van der Waals surface area contributed by atoms with Gasteiger partial charge in [-0.1, -0.05) is 0 Å². The van der Waals surface area contributed by atoms with Gasteiger partial charge in [0.05, 0.1) is 19.3 Å². The first kappa shape index (κ1) is 25.4. The third-order valence-corrected chi connectivity index (χ3v) is 5.33. The standard InChI is InChI=1S/C17H34N6O3S.HI/c1-5-18-16(19-13-17(2,3)21-27(4,25)26)23-10-8-22(9-11-23)12-15(24)20-14-6-7-14;/h14,21H,5-13H2,1-4H3,(H,18,19)(H,20,24);1H. The molecule has 1 saturated carbocycles. The number of carbonyl (C=O) groups is 1. The van der Waals surface area contributed by atoms with E-state index in [-0.39, 0.29) is 29.9 Å². The number of guanidine groups is 1. The molecule has 28 heavy (non-hydrogen) atoms. The summed E-state index contributed by atoms with van der Waals surface area (Å²) >= 11 is 0. The van der Waals surface area contributed by atoms with Crippen molar-refractivity contribution in [3.8, 4) is 0 Å². The Morgan fingerprint density at radius 3 is 2.29 bits per heavy atom. The molecule has 9 nitrogen and oxygen atoms in total. The van der Waals surface area contributed by atoms with Crippen LogP contribution in [-0.2, 0) is 14.8 Å². The first-order valence-electron chi connectivity index (χ1n) is 9.62. The molecular formula is C17H35IN6O3S. The van der Waals surface area contributed by atoms with Crippen molar-refractivity contribution in [3.63, 3.8) is 0 Å². The van der Waals surface area contributed by atoms with Gasteiger partial charge >= 0.3 is 0 Å². The van der Waals surface area contributed by atoms with Crippen LogP contribution in [0.3, 0.4) is 0 Å². The lowest BCUT2D eigenvalue weighted by Gasteiger charge is -2.36. The molecule has 1 heterocycles. The monoisotopic (exact) mass is 530 g/mol. The van der Waals surface area contributed by atoms with E-state index in [1.54, 1.807) is 0 Å². The molecular weight excluding hydrogens is 495 g/mol. The molecule has 11 heteroatoms. The maximum Gasteiger partial charge on any atom is 0.234 e. The average molecular weight is 530 g/mol. The minimum Gasteiger partial charge on any atom is -0.357 e. The third-order valence-electron chi connectivity index (χ3n) is 4.40. The Labute approximate surface area is 186 Å². The Kier molecular flexibility index (Phi) is 9.90. The van der Waals surface area contributed by atoms with Gasteiger partial charge in [0, 0.05) is 44.3 Å². The van der Waals surface area contributed by atoms with Gasteiger partial charge in [-0.2, -0.15) is 0 Å². The molecule has 0 spiro atoms. The molecule has 0 radical (unpaired) electrons. The number of nitrogens with zero attached hydrogens (tertiary/aromatic N) is 3. The molecule has 1 saturated heterocycles. The fourth-order valence-corrected chi connectivity index (χ4v) is 4.12. The van der Waals surface area contributed by atoms with Gasteiger partial charge in [0.1, 0.15) is 0 Å². The van der Waals surface area contributed by atoms with Gasteiger partial charge in [0.15, 0.2) is 5.96 Å². The molecule has 0 bridgehead atoms. The largest absolute Gasteiger partial charge is 0.357 e. The molecule has 0 aromatic carbocycles. The zero-order valence-corrected chi connectivity index (χ0v) is 20.5. The number of aliphatic imine (C=N–C) groups is 1. The van der Waals surface area contributed by atoms with Crippen LogP contribution in [0.25, 0.3) is 0 Å². The van der Waals surface area contributed by atoms with Gasteiger partial charge < -0.3 is 15.5 Å². The highest BCUT2D eigenvalue weighted by Crippen LogP contribution is 2.18. The lowest BCUT2D eigenvalue weighted by molar-refractivity contribution is -0.122. The van der Waals surface area contributed by atoms with E-state index < -0.39 is 15.6 Å². The van der Waals surface area contributed by atoms with Gasteiger partial charge in [-0.15, -0.1) is 24.0 Å². The van der Waals surface area contributed by atoms with Crippen molar-refractivity contribution in [1.82, 2.24) is 25.2 Å². The van der Waals surface area contributed by atoms with Crippen molar-refractivity contribution in [1.29, 1.82) is 0 Å². The Morgan fingerprint density at radius 1 is 1.18 bits per heavy atom. The number of halogens is 1. The van der Waals surface area contributed by atoms with Crippen LogP contribution in [0.1, 0.15) is 33.6 Å². The third kappa shape index (κ3) is 9.70. The van der Waals surface area contributed by atoms with Gasteiger partial charge in [0.25, 0.3) is 0 Å². The summed E-state index contributed by atoms with van der Waals surface area (Å²) in [5, 5.41) is 6.30. The van der Waals surface area contributed by atoms with Crippen LogP contribution in [0.4, 0.5) is 0 Å².